The number of urea groups is 1. The van der Waals surface area contributed by atoms with Gasteiger partial charge in [0.1, 0.15) is 12.4 Å². The molecule has 0 spiro atoms. The van der Waals surface area contributed by atoms with E-state index in [1.807, 2.05) is 36.0 Å². The minimum absolute atomic E-state index is 0. The van der Waals surface area contributed by atoms with E-state index in [4.69, 9.17) is 0 Å². The normalized spacial score (nSPS) is 19.3. The summed E-state index contributed by atoms with van der Waals surface area (Å²) >= 11 is 1.89. The predicted octanol–water partition coefficient (Wildman–Crippen LogP) is 4.59. The van der Waals surface area contributed by atoms with Crippen molar-refractivity contribution < 1.29 is 38.5 Å². The van der Waals surface area contributed by atoms with E-state index in [0.29, 0.717) is 49.0 Å². The molecule has 0 saturated carbocycles. The maximum Gasteiger partial charge on any atom is 1.00 e. The van der Waals surface area contributed by atoms with Gasteiger partial charge in [-0.15, -0.1) is 17.5 Å². The smallest absolute Gasteiger partial charge is 0.862 e. The molecule has 3 N–H and O–H groups in total. The van der Waals surface area contributed by atoms with E-state index in [1.54, 1.807) is 10.9 Å². The molecule has 3 amide bonds. The van der Waals surface area contributed by atoms with Crippen molar-refractivity contribution in [3.05, 3.63) is 95.2 Å². The first-order valence-electron chi connectivity index (χ1n) is 17.0. The Hall–Kier alpha value is -3.49. The van der Waals surface area contributed by atoms with E-state index >= 15 is 0 Å². The number of nitrogens with zero attached hydrogens (tertiary/aromatic N) is 6. The van der Waals surface area contributed by atoms with Crippen molar-refractivity contribution in [2.75, 3.05) is 17.2 Å². The van der Waals surface area contributed by atoms with Gasteiger partial charge >= 0.3 is 28.4 Å². The number of carbonyl (C=O) groups excluding carboxylic acids is 2. The molecular weight excluding hydrogens is 871 g/mol. The summed E-state index contributed by atoms with van der Waals surface area (Å²) in [6.07, 6.45) is 9.73. The number of fused-ring (bicyclic) bond motifs is 1. The molecule has 51 heavy (non-hydrogen) atoms. The number of aryl methyl sites for hydroxylation is 4. The fourth-order valence-corrected chi connectivity index (χ4v) is 8.29. The van der Waals surface area contributed by atoms with Gasteiger partial charge in [-0.05, 0) is 81.2 Å². The molecule has 2 aromatic carbocycles. The fourth-order valence-electron chi connectivity index (χ4n) is 6.75. The Labute approximate surface area is 327 Å². The molecule has 1 radical (unpaired) electrons. The van der Waals surface area contributed by atoms with Crippen LogP contribution in [0.3, 0.4) is 0 Å². The number of thioether (sulfide) groups is 1. The number of halogens is 1. The summed E-state index contributed by atoms with van der Waals surface area (Å²) in [5.74, 6) is 0.707. The number of amides is 3. The molecule has 3 aliphatic heterocycles. The van der Waals surface area contributed by atoms with E-state index in [2.05, 4.69) is 93.0 Å². The van der Waals surface area contributed by atoms with Crippen LogP contribution < -0.4 is 26.0 Å². The van der Waals surface area contributed by atoms with Gasteiger partial charge in [-0.3, -0.25) is 14.5 Å². The van der Waals surface area contributed by atoms with Crippen molar-refractivity contribution in [3.63, 3.8) is 0 Å². The summed E-state index contributed by atoms with van der Waals surface area (Å²) in [4.78, 5) is 32.7. The number of rotatable bonds is 15. The molecule has 3 aromatic rings. The zero-order valence-corrected chi connectivity index (χ0v) is 32.9. The van der Waals surface area contributed by atoms with Gasteiger partial charge < -0.3 is 30.9 Å². The number of hydrogen-bond donors (Lipinski definition) is 3. The van der Waals surface area contributed by atoms with Gasteiger partial charge in [0, 0.05) is 55.7 Å². The van der Waals surface area contributed by atoms with E-state index in [9.17, 15) is 14.7 Å². The molecule has 3 atom stereocenters. The van der Waals surface area contributed by atoms with Gasteiger partial charge in [0.25, 0.3) is 5.91 Å². The summed E-state index contributed by atoms with van der Waals surface area (Å²) in [5, 5.41) is 29.9. The average molecular weight is 919 g/mol. The first-order chi connectivity index (χ1) is 23.7. The predicted molar refractivity (Wildman–Crippen MR) is 200 cm³/mol. The number of anilines is 1. The van der Waals surface area contributed by atoms with Crippen molar-refractivity contribution >= 4 is 47.7 Å². The average Bonchev–Trinajstić information content (AvgIpc) is 3.87. The third kappa shape index (κ3) is 10.8. The van der Waals surface area contributed by atoms with Crippen LogP contribution in [0.15, 0.2) is 60.0 Å². The fraction of sp³-hybridized carbons (Fsp3) is 0.444. The minimum Gasteiger partial charge on any atom is -0.862 e. The molecule has 12 nitrogen and oxygen atoms in total. The van der Waals surface area contributed by atoms with E-state index in [0.717, 1.165) is 30.6 Å². The Kier molecular flexibility index (Phi) is 14.9. The SMILES string of the molecule is Cc1cc(C)c(N2[CH]N(Cc3ccc(C(=O)NCCCn4cc(CN=C([O-])CCCC[C@@H]5SC[C@@H]6NC(=O)N[C@@H]65)nn4)cc3)C=C2)c(C)c1.Cl.[Au+].[HH]. The zero-order valence-electron chi connectivity index (χ0n) is 29.1. The molecule has 0 bridgehead atoms. The quantitative estimate of drug-likeness (QED) is 0.0662. The van der Waals surface area contributed by atoms with Gasteiger partial charge in [0.05, 0.1) is 24.8 Å². The second-order valence-corrected chi connectivity index (χ2v) is 14.4. The van der Waals surface area contributed by atoms with E-state index in [1.165, 1.54) is 22.4 Å². The standard InChI is InChI=1S/C36H46N9O3S.Au.ClH.H2/c1-24-17-25(2)34(26(3)18-24)44-16-15-43(23-44)20-27-9-11-28(12-10-27)35(47)37-13-6-14-45-21-29(41-42-45)19-38-32(46)8-5-4-7-31-33-30(22-49-31)39-36(48)40-33;;;/h9-12,15-18,21,23,30-31,33H,4-8,13-14,19-20,22H2,1-3H3,(H,37,47)(H,38,46)(H2,39,40,48);;2*1H/q;+1;;/p-1/t30-,31-,33-;;;/m0.../s1. The van der Waals surface area contributed by atoms with E-state index in [-0.39, 0.29) is 72.7 Å². The van der Waals surface area contributed by atoms with Gasteiger partial charge in [-0.25, -0.2) is 4.79 Å². The monoisotopic (exact) mass is 918 g/mol. The Balaban J connectivity index is 0.00000243. The van der Waals surface area contributed by atoms with Crippen LogP contribution in [0, 0.1) is 27.4 Å². The van der Waals surface area contributed by atoms with Crippen LogP contribution in [0.4, 0.5) is 10.5 Å². The number of nitrogens with one attached hydrogen (secondary N) is 3. The van der Waals surface area contributed by atoms with Gasteiger partial charge in [0.15, 0.2) is 0 Å². The molecular formula is C36H48AuClN9O3S. The van der Waals surface area contributed by atoms with Crippen molar-refractivity contribution in [3.8, 4) is 0 Å². The Morgan fingerprint density at radius 1 is 1.10 bits per heavy atom. The Morgan fingerprint density at radius 3 is 2.63 bits per heavy atom. The molecule has 1 aromatic heterocycles. The number of hydrogen-bond acceptors (Lipinski definition) is 9. The molecule has 0 aliphatic carbocycles. The summed E-state index contributed by atoms with van der Waals surface area (Å²) in [6.45, 7) is 10.5. The van der Waals surface area contributed by atoms with Crippen LogP contribution in [-0.4, -0.2) is 67.4 Å². The second-order valence-electron chi connectivity index (χ2n) is 13.1. The molecule has 15 heteroatoms. The first kappa shape index (κ1) is 40.3. The zero-order chi connectivity index (χ0) is 34.3. The van der Waals surface area contributed by atoms with Crippen LogP contribution in [0.5, 0.6) is 0 Å². The number of unbranched alkanes of at least 4 members (excludes halogenated alkanes) is 1. The minimum atomic E-state index is -0.126. The summed E-state index contributed by atoms with van der Waals surface area (Å²) in [7, 11) is 0. The number of aromatic nitrogens is 3. The topological polar surface area (TPSA) is 143 Å². The van der Waals surface area contributed by atoms with Crippen molar-refractivity contribution in [2.24, 2.45) is 4.99 Å². The van der Waals surface area contributed by atoms with Crippen LogP contribution in [-0.2, 0) is 42.0 Å². The second kappa shape index (κ2) is 18.8. The molecule has 6 rings (SSSR count). The van der Waals surface area contributed by atoms with E-state index < -0.39 is 0 Å². The largest absolute Gasteiger partial charge is 1.00 e. The maximum absolute atomic E-state index is 12.7. The van der Waals surface area contributed by atoms with Crippen LogP contribution >= 0.6 is 24.2 Å². The van der Waals surface area contributed by atoms with Gasteiger partial charge in [-0.1, -0.05) is 41.5 Å². The molecule has 0 unspecified atom stereocenters. The summed E-state index contributed by atoms with van der Waals surface area (Å²) in [5.41, 5.74) is 7.35. The Morgan fingerprint density at radius 2 is 1.86 bits per heavy atom. The van der Waals surface area contributed by atoms with Crippen LogP contribution in [0.2, 0.25) is 0 Å². The molecule has 2 saturated heterocycles. The number of carbonyl (C=O) groups is 2. The van der Waals surface area contributed by atoms with Gasteiger partial charge in [-0.2, -0.15) is 11.8 Å². The van der Waals surface area contributed by atoms with Crippen LogP contribution in [0.1, 0.15) is 71.8 Å². The molecule has 2 fully saturated rings. The molecule has 279 valence electrons. The third-order valence-corrected chi connectivity index (χ3v) is 10.6. The molecule has 3 aliphatic rings. The molecule has 4 heterocycles. The number of benzene rings is 2. The summed E-state index contributed by atoms with van der Waals surface area (Å²) < 4.78 is 1.71. The van der Waals surface area contributed by atoms with Crippen molar-refractivity contribution in [1.29, 1.82) is 0 Å². The van der Waals surface area contributed by atoms with Crippen molar-refractivity contribution in [2.45, 2.75) is 89.8 Å². The summed E-state index contributed by atoms with van der Waals surface area (Å²) in [6, 6.07) is 12.5. The third-order valence-electron chi connectivity index (χ3n) is 9.09. The van der Waals surface area contributed by atoms with Crippen LogP contribution in [0.25, 0.3) is 0 Å². The van der Waals surface area contributed by atoms with Gasteiger partial charge in [0.2, 0.25) is 0 Å². The first-order valence-corrected chi connectivity index (χ1v) is 18.1. The Bertz CT molecular complexity index is 1690. The maximum atomic E-state index is 12.7. The van der Waals surface area contributed by atoms with Crippen molar-refractivity contribution in [1.82, 2.24) is 35.8 Å². The number of aliphatic imine (C=N–C) groups is 1.